The molecule has 0 unspecified atom stereocenters. The van der Waals surface area contributed by atoms with Crippen LogP contribution in [-0.4, -0.2) is 51.8 Å². The van der Waals surface area contributed by atoms with Crippen molar-refractivity contribution in [3.63, 3.8) is 0 Å². The molecule has 0 atom stereocenters. The number of carbonyl (C=O) groups excluding carboxylic acids is 1. The molecule has 0 saturated carbocycles. The average Bonchev–Trinajstić information content (AvgIpc) is 2.72. The van der Waals surface area contributed by atoms with Crippen molar-refractivity contribution in [3.05, 3.63) is 55.1 Å². The van der Waals surface area contributed by atoms with E-state index in [0.29, 0.717) is 43.1 Å². The average molecular weight is 431 g/mol. The van der Waals surface area contributed by atoms with Crippen LogP contribution < -0.4 is 14.2 Å². The zero-order chi connectivity index (χ0) is 21.7. The number of para-hydroxylation sites is 1. The first-order chi connectivity index (χ1) is 14.3. The molecule has 2 aromatic carbocycles. The highest BCUT2D eigenvalue weighted by molar-refractivity contribution is 7.92. The number of hydrogen-bond donors (Lipinski definition) is 1. The lowest BCUT2D eigenvalue weighted by atomic mass is 10.0. The van der Waals surface area contributed by atoms with Gasteiger partial charge in [-0.2, -0.15) is 0 Å². The Balaban J connectivity index is 1.87. The molecule has 1 saturated heterocycles. The third-order valence-corrected chi connectivity index (χ3v) is 5.47. The van der Waals surface area contributed by atoms with Gasteiger partial charge in [0.2, 0.25) is 15.9 Å². The molecule has 2 aromatic rings. The van der Waals surface area contributed by atoms with Crippen LogP contribution in [0.3, 0.4) is 0 Å². The van der Waals surface area contributed by atoms with Gasteiger partial charge < -0.3 is 14.4 Å². The van der Waals surface area contributed by atoms with E-state index in [1.807, 2.05) is 30.3 Å². The van der Waals surface area contributed by atoms with Gasteiger partial charge in [-0.15, -0.1) is 0 Å². The van der Waals surface area contributed by atoms with Gasteiger partial charge in [0.25, 0.3) is 0 Å². The number of methoxy groups -OCH3 is 1. The molecular formula is C22H26N2O5S. The minimum atomic E-state index is -3.45. The number of likely N-dealkylation sites (tertiary alicyclic amines) is 1. The fraction of sp³-hybridized carbons (Fsp3) is 0.318. The van der Waals surface area contributed by atoms with Crippen LogP contribution in [0.15, 0.2) is 55.1 Å². The molecule has 0 radical (unpaired) electrons. The van der Waals surface area contributed by atoms with Crippen LogP contribution in [0.25, 0.3) is 11.1 Å². The summed E-state index contributed by atoms with van der Waals surface area (Å²) in [5.74, 6) is 1.15. The summed E-state index contributed by atoms with van der Waals surface area (Å²) in [6.07, 6.45) is 3.73. The van der Waals surface area contributed by atoms with Gasteiger partial charge in [0, 0.05) is 37.6 Å². The normalized spacial score (nSPS) is 14.8. The van der Waals surface area contributed by atoms with Crippen molar-refractivity contribution in [1.82, 2.24) is 4.90 Å². The topological polar surface area (TPSA) is 84.9 Å². The highest BCUT2D eigenvalue weighted by atomic mass is 32.2. The number of hydrogen-bond acceptors (Lipinski definition) is 5. The molecule has 7 nitrogen and oxygen atoms in total. The van der Waals surface area contributed by atoms with E-state index >= 15 is 0 Å². The van der Waals surface area contributed by atoms with Crippen LogP contribution in [-0.2, 0) is 14.8 Å². The maximum absolute atomic E-state index is 11.8. The van der Waals surface area contributed by atoms with Gasteiger partial charge in [0.15, 0.2) is 0 Å². The van der Waals surface area contributed by atoms with Gasteiger partial charge in [-0.1, -0.05) is 24.8 Å². The van der Waals surface area contributed by atoms with Crippen molar-refractivity contribution in [3.8, 4) is 22.6 Å². The molecule has 3 rings (SSSR count). The minimum Gasteiger partial charge on any atom is -0.496 e. The number of anilines is 1. The van der Waals surface area contributed by atoms with Crippen molar-refractivity contribution in [2.75, 3.05) is 31.2 Å². The van der Waals surface area contributed by atoms with Gasteiger partial charge >= 0.3 is 0 Å². The molecule has 0 spiro atoms. The molecule has 1 fully saturated rings. The number of carbonyl (C=O) groups is 1. The molecule has 1 aliphatic heterocycles. The number of sulfonamides is 1. The lowest BCUT2D eigenvalue weighted by Crippen LogP contribution is -2.41. The van der Waals surface area contributed by atoms with Crippen LogP contribution in [0.4, 0.5) is 5.69 Å². The summed E-state index contributed by atoms with van der Waals surface area (Å²) in [6, 6.07) is 12.8. The third-order valence-electron chi connectivity index (χ3n) is 4.86. The Kier molecular flexibility index (Phi) is 6.66. The molecule has 1 aliphatic rings. The second kappa shape index (κ2) is 9.21. The van der Waals surface area contributed by atoms with Crippen molar-refractivity contribution in [2.45, 2.75) is 18.9 Å². The van der Waals surface area contributed by atoms with Crippen molar-refractivity contribution >= 4 is 21.6 Å². The van der Waals surface area contributed by atoms with E-state index in [0.717, 1.165) is 17.4 Å². The highest BCUT2D eigenvalue weighted by Crippen LogP contribution is 2.35. The highest BCUT2D eigenvalue weighted by Gasteiger charge is 2.23. The number of benzene rings is 2. The third kappa shape index (κ3) is 5.54. The standard InChI is InChI=1S/C22H26N2O5S/c1-4-22(25)24-11-9-18(10-12-24)29-19-14-16(13-17(15-19)23-30(3,26)27)20-7-5-6-8-21(20)28-2/h4-8,13-15,18,23H,1,9-12H2,2-3H3. The first-order valence-corrected chi connectivity index (χ1v) is 11.5. The van der Waals surface area contributed by atoms with Gasteiger partial charge in [-0.05, 0) is 29.8 Å². The summed E-state index contributed by atoms with van der Waals surface area (Å²) in [7, 11) is -1.86. The largest absolute Gasteiger partial charge is 0.496 e. The molecule has 30 heavy (non-hydrogen) atoms. The van der Waals surface area contributed by atoms with Crippen LogP contribution in [0.2, 0.25) is 0 Å². The summed E-state index contributed by atoms with van der Waals surface area (Å²) in [4.78, 5) is 13.5. The van der Waals surface area contributed by atoms with Gasteiger partial charge in [0.05, 0.1) is 19.1 Å². The fourth-order valence-electron chi connectivity index (χ4n) is 3.49. The van der Waals surface area contributed by atoms with Crippen LogP contribution in [0.1, 0.15) is 12.8 Å². The van der Waals surface area contributed by atoms with E-state index in [2.05, 4.69) is 11.3 Å². The van der Waals surface area contributed by atoms with E-state index in [1.54, 1.807) is 24.1 Å². The van der Waals surface area contributed by atoms with Crippen molar-refractivity contribution < 1.29 is 22.7 Å². The molecule has 0 aliphatic carbocycles. The number of ether oxygens (including phenoxy) is 2. The van der Waals surface area contributed by atoms with Gasteiger partial charge in [0.1, 0.15) is 17.6 Å². The van der Waals surface area contributed by atoms with E-state index in [1.165, 1.54) is 6.08 Å². The summed E-state index contributed by atoms with van der Waals surface area (Å²) in [5, 5.41) is 0. The number of amides is 1. The van der Waals surface area contributed by atoms with Crippen molar-refractivity contribution in [2.24, 2.45) is 0 Å². The molecular weight excluding hydrogens is 404 g/mol. The zero-order valence-electron chi connectivity index (χ0n) is 17.1. The van der Waals surface area contributed by atoms with E-state index in [-0.39, 0.29) is 12.0 Å². The summed E-state index contributed by atoms with van der Waals surface area (Å²) in [6.45, 7) is 4.71. The Bertz CT molecular complexity index is 1030. The minimum absolute atomic E-state index is 0.0714. The lowest BCUT2D eigenvalue weighted by Gasteiger charge is -2.31. The molecule has 1 N–H and O–H groups in total. The molecule has 1 heterocycles. The Morgan fingerprint density at radius 3 is 2.53 bits per heavy atom. The summed E-state index contributed by atoms with van der Waals surface area (Å²) < 4.78 is 37.7. The maximum atomic E-state index is 11.8. The Labute approximate surface area is 177 Å². The predicted molar refractivity (Wildman–Crippen MR) is 117 cm³/mol. The predicted octanol–water partition coefficient (Wildman–Crippen LogP) is 3.29. The maximum Gasteiger partial charge on any atom is 0.245 e. The first kappa shape index (κ1) is 21.7. The Hall–Kier alpha value is -3.00. The number of piperidine rings is 1. The van der Waals surface area contributed by atoms with Crippen LogP contribution >= 0.6 is 0 Å². The van der Waals surface area contributed by atoms with Gasteiger partial charge in [-0.3, -0.25) is 9.52 Å². The SMILES string of the molecule is C=CC(=O)N1CCC(Oc2cc(NS(C)(=O)=O)cc(-c3ccccc3OC)c2)CC1. The molecule has 160 valence electrons. The molecule has 0 bridgehead atoms. The van der Waals surface area contributed by atoms with Gasteiger partial charge in [-0.25, -0.2) is 8.42 Å². The summed E-state index contributed by atoms with van der Waals surface area (Å²) in [5.41, 5.74) is 2.01. The smallest absolute Gasteiger partial charge is 0.245 e. The first-order valence-electron chi connectivity index (χ1n) is 9.63. The summed E-state index contributed by atoms with van der Waals surface area (Å²) >= 11 is 0. The molecule has 8 heteroatoms. The Morgan fingerprint density at radius 2 is 1.90 bits per heavy atom. The van der Waals surface area contributed by atoms with Crippen molar-refractivity contribution in [1.29, 1.82) is 0 Å². The van der Waals surface area contributed by atoms with Crippen LogP contribution in [0, 0.1) is 0 Å². The lowest BCUT2D eigenvalue weighted by molar-refractivity contribution is -0.127. The number of rotatable bonds is 7. The Morgan fingerprint density at radius 1 is 1.20 bits per heavy atom. The molecule has 0 aromatic heterocycles. The van der Waals surface area contributed by atoms with E-state index in [4.69, 9.17) is 9.47 Å². The quantitative estimate of drug-likeness (QED) is 0.682. The molecule has 1 amide bonds. The number of nitrogens with zero attached hydrogens (tertiary/aromatic N) is 1. The monoisotopic (exact) mass is 430 g/mol. The zero-order valence-corrected chi connectivity index (χ0v) is 17.9. The second-order valence-electron chi connectivity index (χ2n) is 7.17. The number of nitrogens with one attached hydrogen (secondary N) is 1. The van der Waals surface area contributed by atoms with E-state index in [9.17, 15) is 13.2 Å². The van der Waals surface area contributed by atoms with E-state index < -0.39 is 10.0 Å². The fourth-order valence-corrected chi connectivity index (χ4v) is 4.04. The van der Waals surface area contributed by atoms with Crippen LogP contribution in [0.5, 0.6) is 11.5 Å². The second-order valence-corrected chi connectivity index (χ2v) is 8.92.